The molecule has 0 aliphatic rings. The van der Waals surface area contributed by atoms with Crippen LogP contribution < -0.4 is 20.7 Å². The summed E-state index contributed by atoms with van der Waals surface area (Å²) in [5.41, 5.74) is 2.51. The van der Waals surface area contributed by atoms with Crippen LogP contribution in [0.5, 0.6) is 5.75 Å². The number of anilines is 2. The summed E-state index contributed by atoms with van der Waals surface area (Å²) in [6.07, 6.45) is 2.24. The third-order valence-electron chi connectivity index (χ3n) is 6.18. The lowest BCUT2D eigenvalue weighted by atomic mass is 10.1. The normalized spacial score (nSPS) is 11.7. The highest BCUT2D eigenvalue weighted by atomic mass is 127. The molecule has 1 atom stereocenters. The van der Waals surface area contributed by atoms with Gasteiger partial charge in [0.15, 0.2) is 0 Å². The molecule has 0 aromatic heterocycles. The monoisotopic (exact) mass is 705 g/mol. The molecule has 4 aromatic carbocycles. The zero-order valence-electron chi connectivity index (χ0n) is 23.8. The predicted molar refractivity (Wildman–Crippen MR) is 182 cm³/mol. The average molecular weight is 706 g/mol. The van der Waals surface area contributed by atoms with Gasteiger partial charge >= 0.3 is 0 Å². The number of carbonyl (C=O) groups excluding carboxylic acids is 3. The van der Waals surface area contributed by atoms with Crippen molar-refractivity contribution in [2.75, 3.05) is 17.2 Å². The molecule has 43 heavy (non-hydrogen) atoms. The Kier molecular flexibility index (Phi) is 11.8. The Balaban J connectivity index is 1.50. The van der Waals surface area contributed by atoms with Gasteiger partial charge in [0.25, 0.3) is 11.8 Å². The molecular formula is C34H32IN3O4S. The Bertz CT molecular complexity index is 1580. The number of ether oxygens (including phenoxy) is 1. The first-order chi connectivity index (χ1) is 20.8. The summed E-state index contributed by atoms with van der Waals surface area (Å²) in [4.78, 5) is 40.3. The SMILES string of the molecule is CCOc1ccc(/C=C(/NC(=O)c2ccccc2)C(=O)Nc2cccc(SC(CC)C(=O)Nc3ccc(I)cc3)c2)cc1. The van der Waals surface area contributed by atoms with Gasteiger partial charge in [-0.05, 0) is 114 Å². The fourth-order valence-electron chi connectivity index (χ4n) is 4.02. The molecule has 4 aromatic rings. The lowest BCUT2D eigenvalue weighted by Crippen LogP contribution is -2.30. The van der Waals surface area contributed by atoms with Crippen LogP contribution in [0.3, 0.4) is 0 Å². The van der Waals surface area contributed by atoms with E-state index < -0.39 is 11.8 Å². The van der Waals surface area contributed by atoms with Gasteiger partial charge in [-0.1, -0.05) is 43.3 Å². The summed E-state index contributed by atoms with van der Waals surface area (Å²) in [7, 11) is 0. The van der Waals surface area contributed by atoms with Crippen LogP contribution in [0.4, 0.5) is 11.4 Å². The minimum absolute atomic E-state index is 0.0828. The fourth-order valence-corrected chi connectivity index (χ4v) is 5.40. The first-order valence-electron chi connectivity index (χ1n) is 13.8. The molecule has 3 amide bonds. The average Bonchev–Trinajstić information content (AvgIpc) is 3.02. The minimum Gasteiger partial charge on any atom is -0.494 e. The van der Waals surface area contributed by atoms with Crippen LogP contribution in [0.1, 0.15) is 36.2 Å². The Morgan fingerprint density at radius 2 is 1.56 bits per heavy atom. The molecule has 0 fully saturated rings. The van der Waals surface area contributed by atoms with Gasteiger partial charge < -0.3 is 20.7 Å². The maximum absolute atomic E-state index is 13.5. The van der Waals surface area contributed by atoms with Crippen molar-refractivity contribution in [1.29, 1.82) is 0 Å². The van der Waals surface area contributed by atoms with Crippen LogP contribution in [0.15, 0.2) is 114 Å². The lowest BCUT2D eigenvalue weighted by molar-refractivity contribution is -0.116. The van der Waals surface area contributed by atoms with E-state index in [0.717, 1.165) is 19.7 Å². The summed E-state index contributed by atoms with van der Waals surface area (Å²) in [6, 6.07) is 30.9. The van der Waals surface area contributed by atoms with Gasteiger partial charge in [-0.3, -0.25) is 14.4 Å². The van der Waals surface area contributed by atoms with E-state index in [1.54, 1.807) is 36.4 Å². The predicted octanol–water partition coefficient (Wildman–Crippen LogP) is 7.61. The summed E-state index contributed by atoms with van der Waals surface area (Å²) in [5, 5.41) is 8.31. The van der Waals surface area contributed by atoms with E-state index in [1.165, 1.54) is 11.8 Å². The van der Waals surface area contributed by atoms with Crippen molar-refractivity contribution in [3.05, 3.63) is 124 Å². The maximum Gasteiger partial charge on any atom is 0.272 e. The summed E-state index contributed by atoms with van der Waals surface area (Å²) < 4.78 is 6.60. The standard InChI is InChI=1S/C34H32IN3O4S/c1-3-31(34(41)36-26-17-15-25(35)16-18-26)43-29-12-8-11-27(22-29)37-33(40)30(38-32(39)24-9-6-5-7-10-24)21-23-13-19-28(20-14-23)42-4-2/h5-22,31H,3-4H2,1-2H3,(H,36,41)(H,37,40)(H,38,39)/b30-21+. The third-order valence-corrected chi connectivity index (χ3v) is 8.25. The second-order valence-electron chi connectivity index (χ2n) is 9.37. The van der Waals surface area contributed by atoms with Gasteiger partial charge in [0, 0.05) is 25.4 Å². The highest BCUT2D eigenvalue weighted by molar-refractivity contribution is 14.1. The van der Waals surface area contributed by atoms with Crippen molar-refractivity contribution in [3.63, 3.8) is 0 Å². The van der Waals surface area contributed by atoms with Gasteiger partial charge in [0.1, 0.15) is 11.4 Å². The Morgan fingerprint density at radius 1 is 0.837 bits per heavy atom. The van der Waals surface area contributed by atoms with Crippen LogP contribution in [0.2, 0.25) is 0 Å². The molecule has 220 valence electrons. The van der Waals surface area contributed by atoms with Crippen molar-refractivity contribution < 1.29 is 19.1 Å². The molecular weight excluding hydrogens is 673 g/mol. The fraction of sp³-hybridized carbons (Fsp3) is 0.147. The molecule has 0 aliphatic carbocycles. The van der Waals surface area contributed by atoms with Gasteiger partial charge in [-0.15, -0.1) is 11.8 Å². The van der Waals surface area contributed by atoms with Crippen LogP contribution in [-0.2, 0) is 9.59 Å². The summed E-state index contributed by atoms with van der Waals surface area (Å²) >= 11 is 3.65. The van der Waals surface area contributed by atoms with E-state index in [1.807, 2.05) is 86.6 Å². The number of rotatable bonds is 12. The lowest BCUT2D eigenvalue weighted by Gasteiger charge is -2.16. The second kappa shape index (κ2) is 15.9. The molecule has 0 bridgehead atoms. The van der Waals surface area contributed by atoms with Crippen molar-refractivity contribution in [2.45, 2.75) is 30.4 Å². The van der Waals surface area contributed by atoms with E-state index >= 15 is 0 Å². The maximum atomic E-state index is 13.5. The molecule has 9 heteroatoms. The number of thioether (sulfide) groups is 1. The quantitative estimate of drug-likeness (QED) is 0.0802. The van der Waals surface area contributed by atoms with E-state index in [-0.39, 0.29) is 16.9 Å². The zero-order valence-corrected chi connectivity index (χ0v) is 26.8. The van der Waals surface area contributed by atoms with Gasteiger partial charge in [-0.2, -0.15) is 0 Å². The number of hydrogen-bond donors (Lipinski definition) is 3. The molecule has 0 heterocycles. The number of carbonyl (C=O) groups is 3. The molecule has 0 saturated carbocycles. The topological polar surface area (TPSA) is 96.5 Å². The van der Waals surface area contributed by atoms with Crippen molar-refractivity contribution >= 4 is 69.5 Å². The first kappa shape index (κ1) is 31.8. The third kappa shape index (κ3) is 9.72. The molecule has 0 saturated heterocycles. The Labute approximate surface area is 269 Å². The molecule has 4 rings (SSSR count). The van der Waals surface area contributed by atoms with Crippen LogP contribution in [0, 0.1) is 3.57 Å². The van der Waals surface area contributed by atoms with E-state index in [4.69, 9.17) is 4.74 Å². The summed E-state index contributed by atoms with van der Waals surface area (Å²) in [6.45, 7) is 4.42. The van der Waals surface area contributed by atoms with Gasteiger partial charge in [-0.25, -0.2) is 0 Å². The Hall–Kier alpha value is -4.09. The number of amides is 3. The smallest absolute Gasteiger partial charge is 0.272 e. The van der Waals surface area contributed by atoms with Crippen molar-refractivity contribution in [3.8, 4) is 5.75 Å². The Morgan fingerprint density at radius 3 is 2.23 bits per heavy atom. The molecule has 0 aliphatic heterocycles. The van der Waals surface area contributed by atoms with Crippen LogP contribution in [-0.4, -0.2) is 29.6 Å². The number of halogens is 1. The highest BCUT2D eigenvalue weighted by Gasteiger charge is 2.19. The molecule has 1 unspecified atom stereocenters. The van der Waals surface area contributed by atoms with Crippen molar-refractivity contribution in [1.82, 2.24) is 5.32 Å². The molecule has 7 nitrogen and oxygen atoms in total. The number of nitrogens with one attached hydrogen (secondary N) is 3. The van der Waals surface area contributed by atoms with Crippen LogP contribution in [0.25, 0.3) is 6.08 Å². The second-order valence-corrected chi connectivity index (χ2v) is 11.9. The molecule has 0 spiro atoms. The van der Waals surface area contributed by atoms with E-state index in [2.05, 4.69) is 38.5 Å². The van der Waals surface area contributed by atoms with Gasteiger partial charge in [0.05, 0.1) is 11.9 Å². The van der Waals surface area contributed by atoms with E-state index in [9.17, 15) is 14.4 Å². The van der Waals surface area contributed by atoms with E-state index in [0.29, 0.717) is 30.0 Å². The van der Waals surface area contributed by atoms with Crippen LogP contribution >= 0.6 is 34.4 Å². The highest BCUT2D eigenvalue weighted by Crippen LogP contribution is 2.29. The largest absolute Gasteiger partial charge is 0.494 e. The first-order valence-corrected chi connectivity index (χ1v) is 15.8. The minimum atomic E-state index is -0.483. The van der Waals surface area contributed by atoms with Crippen molar-refractivity contribution in [2.24, 2.45) is 0 Å². The number of benzene rings is 4. The molecule has 0 radical (unpaired) electrons. The zero-order chi connectivity index (χ0) is 30.6. The molecule has 3 N–H and O–H groups in total. The number of hydrogen-bond acceptors (Lipinski definition) is 5. The van der Waals surface area contributed by atoms with Gasteiger partial charge in [0.2, 0.25) is 5.91 Å². The summed E-state index contributed by atoms with van der Waals surface area (Å²) in [5.74, 6) is -0.260.